The van der Waals surface area contributed by atoms with Gasteiger partial charge in [0.2, 0.25) is 0 Å². The first kappa shape index (κ1) is 10.1. The van der Waals surface area contributed by atoms with Crippen molar-refractivity contribution in [2.45, 2.75) is 31.3 Å². The predicted octanol–water partition coefficient (Wildman–Crippen LogP) is 3.62. The normalized spacial score (nSPS) is 26.0. The van der Waals surface area contributed by atoms with Gasteiger partial charge in [-0.3, -0.25) is 0 Å². The molecule has 0 bridgehead atoms. The Bertz CT molecular complexity index is 294. The Balaban J connectivity index is 2.12. The Hall–Kier alpha value is -0.470. The SMILES string of the molecule is CC1(C)CCSC(c2ccccc2)O1. The van der Waals surface area contributed by atoms with Crippen LogP contribution in [0.5, 0.6) is 0 Å². The van der Waals surface area contributed by atoms with Crippen LogP contribution in [-0.4, -0.2) is 11.4 Å². The average molecular weight is 208 g/mol. The molecule has 1 atom stereocenters. The van der Waals surface area contributed by atoms with Gasteiger partial charge in [0.25, 0.3) is 0 Å². The molecule has 1 saturated heterocycles. The molecule has 2 heteroatoms. The van der Waals surface area contributed by atoms with E-state index in [1.807, 2.05) is 17.8 Å². The molecule has 0 N–H and O–H groups in total. The molecule has 76 valence electrons. The summed E-state index contributed by atoms with van der Waals surface area (Å²) in [6.07, 6.45) is 1.14. The summed E-state index contributed by atoms with van der Waals surface area (Å²) < 4.78 is 6.02. The highest BCUT2D eigenvalue weighted by molar-refractivity contribution is 7.99. The number of hydrogen-bond acceptors (Lipinski definition) is 2. The first-order chi connectivity index (χ1) is 6.67. The summed E-state index contributed by atoms with van der Waals surface area (Å²) in [4.78, 5) is 0. The highest BCUT2D eigenvalue weighted by Crippen LogP contribution is 2.40. The first-order valence-electron chi connectivity index (χ1n) is 5.02. The van der Waals surface area contributed by atoms with Gasteiger partial charge >= 0.3 is 0 Å². The summed E-state index contributed by atoms with van der Waals surface area (Å²) in [7, 11) is 0. The molecule has 0 spiro atoms. The van der Waals surface area contributed by atoms with Crippen molar-refractivity contribution in [1.29, 1.82) is 0 Å². The third-order valence-electron chi connectivity index (χ3n) is 2.47. The Labute approximate surface area is 89.9 Å². The molecule has 1 aliphatic heterocycles. The van der Waals surface area contributed by atoms with Gasteiger partial charge in [-0.25, -0.2) is 0 Å². The molecular weight excluding hydrogens is 192 g/mol. The fourth-order valence-corrected chi connectivity index (χ4v) is 3.07. The van der Waals surface area contributed by atoms with E-state index < -0.39 is 0 Å². The zero-order valence-corrected chi connectivity index (χ0v) is 9.51. The quantitative estimate of drug-likeness (QED) is 0.697. The lowest BCUT2D eigenvalue weighted by Gasteiger charge is -2.35. The molecule has 14 heavy (non-hydrogen) atoms. The molecule has 1 nitrogen and oxygen atoms in total. The van der Waals surface area contributed by atoms with Crippen LogP contribution in [0.2, 0.25) is 0 Å². The van der Waals surface area contributed by atoms with Crippen molar-refractivity contribution in [1.82, 2.24) is 0 Å². The van der Waals surface area contributed by atoms with E-state index >= 15 is 0 Å². The molecule has 2 rings (SSSR count). The van der Waals surface area contributed by atoms with Crippen LogP contribution in [0.25, 0.3) is 0 Å². The van der Waals surface area contributed by atoms with Crippen molar-refractivity contribution in [3.05, 3.63) is 35.9 Å². The number of hydrogen-bond donors (Lipinski definition) is 0. The van der Waals surface area contributed by atoms with Gasteiger partial charge in [0.1, 0.15) is 5.44 Å². The fourth-order valence-electron chi connectivity index (χ4n) is 1.57. The van der Waals surface area contributed by atoms with Crippen molar-refractivity contribution in [3.63, 3.8) is 0 Å². The smallest absolute Gasteiger partial charge is 0.129 e. The van der Waals surface area contributed by atoms with E-state index in [0.29, 0.717) is 0 Å². The van der Waals surface area contributed by atoms with E-state index in [1.165, 1.54) is 11.3 Å². The minimum Gasteiger partial charge on any atom is -0.357 e. The molecule has 0 saturated carbocycles. The molecule has 0 amide bonds. The Morgan fingerprint density at radius 2 is 2.00 bits per heavy atom. The van der Waals surface area contributed by atoms with Gasteiger partial charge in [-0.2, -0.15) is 0 Å². The second-order valence-electron chi connectivity index (χ2n) is 4.24. The zero-order valence-electron chi connectivity index (χ0n) is 8.69. The van der Waals surface area contributed by atoms with Gasteiger partial charge in [0, 0.05) is 0 Å². The van der Waals surface area contributed by atoms with Crippen LogP contribution >= 0.6 is 11.8 Å². The monoisotopic (exact) mass is 208 g/mol. The van der Waals surface area contributed by atoms with Gasteiger partial charge in [0.05, 0.1) is 5.60 Å². The molecule has 1 unspecified atom stereocenters. The van der Waals surface area contributed by atoms with Gasteiger partial charge in [0.15, 0.2) is 0 Å². The van der Waals surface area contributed by atoms with E-state index in [2.05, 4.69) is 38.1 Å². The maximum absolute atomic E-state index is 6.02. The minimum atomic E-state index is 0.0335. The lowest BCUT2D eigenvalue weighted by Crippen LogP contribution is -2.30. The van der Waals surface area contributed by atoms with Gasteiger partial charge in [-0.15, -0.1) is 11.8 Å². The van der Waals surface area contributed by atoms with Crippen molar-refractivity contribution in [2.75, 3.05) is 5.75 Å². The standard InChI is InChI=1S/C12H16OS/c1-12(2)8-9-14-11(13-12)10-6-4-3-5-7-10/h3-7,11H,8-9H2,1-2H3. The van der Waals surface area contributed by atoms with Crippen molar-refractivity contribution in [3.8, 4) is 0 Å². The van der Waals surface area contributed by atoms with Crippen molar-refractivity contribution >= 4 is 11.8 Å². The van der Waals surface area contributed by atoms with Crippen LogP contribution in [0.3, 0.4) is 0 Å². The Morgan fingerprint density at radius 3 is 2.64 bits per heavy atom. The van der Waals surface area contributed by atoms with E-state index in [1.54, 1.807) is 0 Å². The van der Waals surface area contributed by atoms with E-state index in [4.69, 9.17) is 4.74 Å². The van der Waals surface area contributed by atoms with E-state index in [0.717, 1.165) is 6.42 Å². The first-order valence-corrected chi connectivity index (χ1v) is 6.07. The number of ether oxygens (including phenoxy) is 1. The van der Waals surface area contributed by atoms with Crippen molar-refractivity contribution in [2.24, 2.45) is 0 Å². The average Bonchev–Trinajstić information content (AvgIpc) is 2.18. The van der Waals surface area contributed by atoms with Crippen LogP contribution in [0.15, 0.2) is 30.3 Å². The van der Waals surface area contributed by atoms with Crippen molar-refractivity contribution < 1.29 is 4.74 Å². The Morgan fingerprint density at radius 1 is 1.29 bits per heavy atom. The summed E-state index contributed by atoms with van der Waals surface area (Å²) in [5, 5.41) is 0. The fraction of sp³-hybridized carbons (Fsp3) is 0.500. The maximum atomic E-state index is 6.02. The van der Waals surface area contributed by atoms with Gasteiger partial charge in [-0.05, 0) is 31.6 Å². The summed E-state index contributed by atoms with van der Waals surface area (Å²) in [6, 6.07) is 10.5. The molecule has 1 fully saturated rings. The highest BCUT2D eigenvalue weighted by Gasteiger charge is 2.29. The molecular formula is C12H16OS. The van der Waals surface area contributed by atoms with Gasteiger partial charge < -0.3 is 4.74 Å². The molecule has 1 aromatic rings. The molecule has 1 aliphatic rings. The topological polar surface area (TPSA) is 9.23 Å². The van der Waals surface area contributed by atoms with Crippen LogP contribution in [0.1, 0.15) is 31.3 Å². The minimum absolute atomic E-state index is 0.0335. The lowest BCUT2D eigenvalue weighted by molar-refractivity contribution is -0.0428. The molecule has 0 aliphatic carbocycles. The molecule has 0 radical (unpaired) electrons. The van der Waals surface area contributed by atoms with Crippen LogP contribution < -0.4 is 0 Å². The summed E-state index contributed by atoms with van der Waals surface area (Å²) >= 11 is 1.90. The second kappa shape index (κ2) is 3.95. The maximum Gasteiger partial charge on any atom is 0.129 e. The third-order valence-corrected chi connectivity index (χ3v) is 3.58. The number of rotatable bonds is 1. The highest BCUT2D eigenvalue weighted by atomic mass is 32.2. The number of thioether (sulfide) groups is 1. The largest absolute Gasteiger partial charge is 0.357 e. The summed E-state index contributed by atoms with van der Waals surface area (Å²) in [5.41, 5.74) is 1.54. The Kier molecular flexibility index (Phi) is 2.84. The number of benzene rings is 1. The second-order valence-corrected chi connectivity index (χ2v) is 5.41. The predicted molar refractivity (Wildman–Crippen MR) is 61.4 cm³/mol. The van der Waals surface area contributed by atoms with Crippen LogP contribution in [-0.2, 0) is 4.74 Å². The van der Waals surface area contributed by atoms with E-state index in [-0.39, 0.29) is 11.0 Å². The lowest BCUT2D eigenvalue weighted by atomic mass is 10.1. The zero-order chi connectivity index (χ0) is 10.0. The van der Waals surface area contributed by atoms with Crippen LogP contribution in [0, 0.1) is 0 Å². The third kappa shape index (κ3) is 2.31. The molecule has 1 aromatic carbocycles. The summed E-state index contributed by atoms with van der Waals surface area (Å²) in [6.45, 7) is 4.34. The van der Waals surface area contributed by atoms with E-state index in [9.17, 15) is 0 Å². The van der Waals surface area contributed by atoms with Gasteiger partial charge in [-0.1, -0.05) is 30.3 Å². The molecule has 0 aromatic heterocycles. The van der Waals surface area contributed by atoms with Crippen LogP contribution in [0.4, 0.5) is 0 Å². The summed E-state index contributed by atoms with van der Waals surface area (Å²) in [5.74, 6) is 1.19. The molecule has 1 heterocycles.